The maximum Gasteiger partial charge on any atom is 0.257 e. The third-order valence-electron chi connectivity index (χ3n) is 3.46. The molecular formula is C18H16ClF2NO2. The normalized spacial score (nSPS) is 10.8. The van der Waals surface area contributed by atoms with E-state index < -0.39 is 17.5 Å². The molecule has 0 aliphatic heterocycles. The SMILES string of the molecule is CC(C)C(=O)Cc1cccc(Cl)c1C(=O)Nc1cc(F)cc(F)c1. The molecule has 0 saturated carbocycles. The van der Waals surface area contributed by atoms with E-state index in [1.807, 2.05) is 0 Å². The number of nitrogens with one attached hydrogen (secondary N) is 1. The molecule has 0 aliphatic rings. The number of hydrogen-bond acceptors (Lipinski definition) is 2. The van der Waals surface area contributed by atoms with Crippen LogP contribution in [0.2, 0.25) is 5.02 Å². The molecule has 6 heteroatoms. The van der Waals surface area contributed by atoms with Crippen molar-refractivity contribution in [3.8, 4) is 0 Å². The number of carbonyl (C=O) groups excluding carboxylic acids is 2. The highest BCUT2D eigenvalue weighted by Crippen LogP contribution is 2.23. The van der Waals surface area contributed by atoms with Crippen molar-refractivity contribution in [2.75, 3.05) is 5.32 Å². The van der Waals surface area contributed by atoms with E-state index in [4.69, 9.17) is 11.6 Å². The number of carbonyl (C=O) groups is 2. The summed E-state index contributed by atoms with van der Waals surface area (Å²) in [6.07, 6.45) is 0.0541. The van der Waals surface area contributed by atoms with Gasteiger partial charge in [-0.2, -0.15) is 0 Å². The van der Waals surface area contributed by atoms with Crippen molar-refractivity contribution in [3.05, 3.63) is 64.2 Å². The summed E-state index contributed by atoms with van der Waals surface area (Å²) in [5, 5.41) is 2.57. The second-order valence-corrected chi connectivity index (χ2v) is 6.09. The third kappa shape index (κ3) is 4.38. The summed E-state index contributed by atoms with van der Waals surface area (Å²) in [4.78, 5) is 24.4. The maximum atomic E-state index is 13.2. The van der Waals surface area contributed by atoms with Crippen LogP contribution in [-0.2, 0) is 11.2 Å². The smallest absolute Gasteiger partial charge is 0.257 e. The lowest BCUT2D eigenvalue weighted by Gasteiger charge is -2.13. The van der Waals surface area contributed by atoms with Crippen LogP contribution >= 0.6 is 11.6 Å². The van der Waals surface area contributed by atoms with Crippen LogP contribution in [0.25, 0.3) is 0 Å². The van der Waals surface area contributed by atoms with E-state index in [1.165, 1.54) is 6.07 Å². The van der Waals surface area contributed by atoms with Gasteiger partial charge in [0.25, 0.3) is 5.91 Å². The van der Waals surface area contributed by atoms with Crippen molar-refractivity contribution in [1.82, 2.24) is 0 Å². The molecule has 24 heavy (non-hydrogen) atoms. The zero-order chi connectivity index (χ0) is 17.9. The molecule has 0 fully saturated rings. The van der Waals surface area contributed by atoms with Crippen LogP contribution in [0.4, 0.5) is 14.5 Å². The molecular weight excluding hydrogens is 336 g/mol. The van der Waals surface area contributed by atoms with Gasteiger partial charge in [0, 0.05) is 24.1 Å². The van der Waals surface area contributed by atoms with Gasteiger partial charge in [-0.25, -0.2) is 8.78 Å². The van der Waals surface area contributed by atoms with Crippen molar-refractivity contribution >= 4 is 29.0 Å². The van der Waals surface area contributed by atoms with Gasteiger partial charge in [0.1, 0.15) is 17.4 Å². The molecule has 126 valence electrons. The standard InChI is InChI=1S/C18H16ClF2NO2/c1-10(2)16(23)6-11-4-3-5-15(19)17(11)18(24)22-14-8-12(20)7-13(21)9-14/h3-5,7-10H,6H2,1-2H3,(H,22,24). The molecule has 0 radical (unpaired) electrons. The summed E-state index contributed by atoms with van der Waals surface area (Å²) in [5.74, 6) is -2.46. The molecule has 0 heterocycles. The van der Waals surface area contributed by atoms with Gasteiger partial charge in [-0.05, 0) is 23.8 Å². The molecule has 0 aliphatic carbocycles. The molecule has 3 nitrogen and oxygen atoms in total. The highest BCUT2D eigenvalue weighted by Gasteiger charge is 2.19. The number of rotatable bonds is 5. The maximum absolute atomic E-state index is 13.2. The van der Waals surface area contributed by atoms with Gasteiger partial charge in [-0.3, -0.25) is 9.59 Å². The number of Topliss-reactive ketones (excluding diaryl/α,β-unsaturated/α-hetero) is 1. The molecule has 0 unspecified atom stereocenters. The molecule has 2 rings (SSSR count). The number of halogens is 3. The summed E-state index contributed by atoms with van der Waals surface area (Å²) in [6, 6.07) is 7.49. The quantitative estimate of drug-likeness (QED) is 0.853. The van der Waals surface area contributed by atoms with Crippen LogP contribution in [0.1, 0.15) is 29.8 Å². The topological polar surface area (TPSA) is 46.2 Å². The van der Waals surface area contributed by atoms with E-state index in [-0.39, 0.29) is 34.4 Å². The molecule has 0 spiro atoms. The van der Waals surface area contributed by atoms with E-state index in [9.17, 15) is 18.4 Å². The second kappa shape index (κ2) is 7.53. The van der Waals surface area contributed by atoms with Crippen molar-refractivity contribution in [2.45, 2.75) is 20.3 Å². The zero-order valence-corrected chi connectivity index (χ0v) is 14.0. The van der Waals surface area contributed by atoms with Gasteiger partial charge >= 0.3 is 0 Å². The van der Waals surface area contributed by atoms with E-state index >= 15 is 0 Å². The number of benzene rings is 2. The van der Waals surface area contributed by atoms with E-state index in [1.54, 1.807) is 26.0 Å². The minimum Gasteiger partial charge on any atom is -0.322 e. The highest BCUT2D eigenvalue weighted by molar-refractivity contribution is 6.34. The fourth-order valence-electron chi connectivity index (χ4n) is 2.18. The molecule has 0 atom stereocenters. The van der Waals surface area contributed by atoms with Gasteiger partial charge < -0.3 is 5.32 Å². The lowest BCUT2D eigenvalue weighted by Crippen LogP contribution is -2.18. The Hall–Kier alpha value is -2.27. The monoisotopic (exact) mass is 351 g/mol. The van der Waals surface area contributed by atoms with Crippen molar-refractivity contribution in [2.24, 2.45) is 5.92 Å². The largest absolute Gasteiger partial charge is 0.322 e. The van der Waals surface area contributed by atoms with Crippen molar-refractivity contribution < 1.29 is 18.4 Å². The summed E-state index contributed by atoms with van der Waals surface area (Å²) < 4.78 is 26.5. The Bertz CT molecular complexity index is 770. The zero-order valence-electron chi connectivity index (χ0n) is 13.2. The van der Waals surface area contributed by atoms with Gasteiger partial charge in [-0.1, -0.05) is 37.6 Å². The number of hydrogen-bond donors (Lipinski definition) is 1. The Morgan fingerprint density at radius 3 is 2.33 bits per heavy atom. The molecule has 0 saturated heterocycles. The average molecular weight is 352 g/mol. The Balaban J connectivity index is 2.33. The Morgan fingerprint density at radius 2 is 1.75 bits per heavy atom. The summed E-state index contributed by atoms with van der Waals surface area (Å²) in [7, 11) is 0. The van der Waals surface area contributed by atoms with Crippen molar-refractivity contribution in [1.29, 1.82) is 0 Å². The highest BCUT2D eigenvalue weighted by atomic mass is 35.5. The van der Waals surface area contributed by atoms with E-state index in [0.29, 0.717) is 11.6 Å². The van der Waals surface area contributed by atoms with E-state index in [0.717, 1.165) is 12.1 Å². The molecule has 1 N–H and O–H groups in total. The first kappa shape index (κ1) is 18.1. The lowest BCUT2D eigenvalue weighted by atomic mass is 9.97. The molecule has 2 aromatic rings. The fourth-order valence-corrected chi connectivity index (χ4v) is 2.46. The van der Waals surface area contributed by atoms with Crippen molar-refractivity contribution in [3.63, 3.8) is 0 Å². The number of ketones is 1. The first-order valence-corrected chi connectivity index (χ1v) is 7.73. The number of anilines is 1. The molecule has 0 bridgehead atoms. The molecule has 0 aromatic heterocycles. The molecule has 2 aromatic carbocycles. The predicted octanol–water partition coefficient (Wildman–Crippen LogP) is 4.64. The average Bonchev–Trinajstić information content (AvgIpc) is 2.45. The van der Waals surface area contributed by atoms with Crippen LogP contribution in [0.5, 0.6) is 0 Å². The lowest BCUT2D eigenvalue weighted by molar-refractivity contribution is -0.121. The van der Waals surface area contributed by atoms with Crippen LogP contribution in [0.3, 0.4) is 0 Å². The first-order valence-electron chi connectivity index (χ1n) is 7.35. The minimum atomic E-state index is -0.806. The van der Waals surface area contributed by atoms with Gasteiger partial charge in [0.2, 0.25) is 0 Å². The Morgan fingerprint density at radius 1 is 1.12 bits per heavy atom. The number of amides is 1. The Kier molecular flexibility index (Phi) is 5.67. The predicted molar refractivity (Wildman–Crippen MR) is 89.3 cm³/mol. The van der Waals surface area contributed by atoms with Crippen LogP contribution in [-0.4, -0.2) is 11.7 Å². The summed E-state index contributed by atoms with van der Waals surface area (Å²) in [5.41, 5.74) is 0.562. The van der Waals surface area contributed by atoms with Gasteiger partial charge in [0.15, 0.2) is 0 Å². The minimum absolute atomic E-state index is 0.0291. The first-order chi connectivity index (χ1) is 11.3. The fraction of sp³-hybridized carbons (Fsp3) is 0.222. The van der Waals surface area contributed by atoms with Gasteiger partial charge in [0.05, 0.1) is 10.6 Å². The Labute approximate surface area is 143 Å². The third-order valence-corrected chi connectivity index (χ3v) is 3.77. The molecule has 1 amide bonds. The van der Waals surface area contributed by atoms with Crippen LogP contribution < -0.4 is 5.32 Å². The summed E-state index contributed by atoms with van der Waals surface area (Å²) >= 11 is 6.10. The van der Waals surface area contributed by atoms with Gasteiger partial charge in [-0.15, -0.1) is 0 Å². The summed E-state index contributed by atoms with van der Waals surface area (Å²) in [6.45, 7) is 3.53. The second-order valence-electron chi connectivity index (χ2n) is 5.68. The van der Waals surface area contributed by atoms with Crippen LogP contribution in [0.15, 0.2) is 36.4 Å². The van der Waals surface area contributed by atoms with E-state index in [2.05, 4.69) is 5.32 Å². The van der Waals surface area contributed by atoms with Crippen LogP contribution in [0, 0.1) is 17.6 Å².